The predicted octanol–water partition coefficient (Wildman–Crippen LogP) is 4.44. The summed E-state index contributed by atoms with van der Waals surface area (Å²) < 4.78 is 38.7. The Bertz CT molecular complexity index is 983. The molecule has 3 unspecified atom stereocenters. The first-order chi connectivity index (χ1) is 16.2. The number of nitrogens with one attached hydrogen (secondary N) is 1. The van der Waals surface area contributed by atoms with Crippen molar-refractivity contribution in [2.75, 3.05) is 13.1 Å². The molecule has 1 aliphatic carbocycles. The maximum atomic E-state index is 13.7. The van der Waals surface area contributed by atoms with Crippen molar-refractivity contribution in [2.45, 2.75) is 76.2 Å². The van der Waals surface area contributed by atoms with E-state index in [9.17, 15) is 13.6 Å². The van der Waals surface area contributed by atoms with E-state index >= 15 is 0 Å². The van der Waals surface area contributed by atoms with Crippen LogP contribution in [0.1, 0.15) is 57.9 Å². The molecule has 2 aromatic rings. The molecule has 34 heavy (non-hydrogen) atoms. The van der Waals surface area contributed by atoms with Crippen molar-refractivity contribution in [3.8, 4) is 5.88 Å². The topological polar surface area (TPSA) is 76.6 Å². The van der Waals surface area contributed by atoms with Crippen molar-refractivity contribution in [2.24, 2.45) is 0 Å². The van der Waals surface area contributed by atoms with E-state index in [4.69, 9.17) is 9.47 Å². The van der Waals surface area contributed by atoms with Gasteiger partial charge in [-0.3, -0.25) is 4.90 Å². The van der Waals surface area contributed by atoms with Crippen molar-refractivity contribution >= 4 is 6.09 Å². The number of halogens is 2. The van der Waals surface area contributed by atoms with Crippen LogP contribution >= 0.6 is 0 Å². The highest BCUT2D eigenvalue weighted by Gasteiger charge is 2.42. The van der Waals surface area contributed by atoms with Gasteiger partial charge in [0.2, 0.25) is 5.88 Å². The smallest absolute Gasteiger partial charge is 0.407 e. The second-order valence-corrected chi connectivity index (χ2v) is 10.1. The molecule has 1 saturated carbocycles. The van der Waals surface area contributed by atoms with E-state index in [2.05, 4.69) is 20.4 Å². The zero-order chi connectivity index (χ0) is 24.3. The van der Waals surface area contributed by atoms with Crippen LogP contribution in [-0.2, 0) is 4.74 Å². The number of aromatic nitrogens is 2. The number of hydrogen-bond acceptors (Lipinski definition) is 6. The lowest BCUT2D eigenvalue weighted by Crippen LogP contribution is -2.54. The van der Waals surface area contributed by atoms with Crippen molar-refractivity contribution in [1.82, 2.24) is 20.4 Å². The van der Waals surface area contributed by atoms with E-state index in [-0.39, 0.29) is 35.8 Å². The third kappa shape index (κ3) is 6.40. The summed E-state index contributed by atoms with van der Waals surface area (Å²) in [6.07, 6.45) is 3.66. The fourth-order valence-corrected chi connectivity index (χ4v) is 4.93. The molecule has 2 heterocycles. The SMILES string of the molecule is CC(C)(C)OC(=O)N[C@@H]1CCCN(C2CC(c3ccc(F)cc3)CC2Oc2cc(F)cnn2)C1. The molecule has 4 atom stereocenters. The van der Waals surface area contributed by atoms with E-state index < -0.39 is 17.5 Å². The molecule has 0 spiro atoms. The molecular weight excluding hydrogens is 442 g/mol. The van der Waals surface area contributed by atoms with Crippen LogP contribution in [-0.4, -0.2) is 58.1 Å². The average Bonchev–Trinajstić information content (AvgIpc) is 3.17. The predicted molar refractivity (Wildman–Crippen MR) is 123 cm³/mol. The second-order valence-electron chi connectivity index (χ2n) is 10.1. The highest BCUT2D eigenvalue weighted by atomic mass is 19.1. The third-order valence-electron chi connectivity index (χ3n) is 6.33. The van der Waals surface area contributed by atoms with E-state index in [1.807, 2.05) is 32.9 Å². The number of carbonyl (C=O) groups excluding carboxylic acids is 1. The van der Waals surface area contributed by atoms with Crippen LogP contribution in [0.3, 0.4) is 0 Å². The summed E-state index contributed by atoms with van der Waals surface area (Å²) in [5, 5.41) is 10.6. The molecule has 1 N–H and O–H groups in total. The Kier molecular flexibility index (Phi) is 7.30. The first kappa shape index (κ1) is 24.3. The Labute approximate surface area is 198 Å². The van der Waals surface area contributed by atoms with Crippen molar-refractivity contribution < 1.29 is 23.0 Å². The summed E-state index contributed by atoms with van der Waals surface area (Å²) in [4.78, 5) is 14.6. The number of rotatable bonds is 5. The summed E-state index contributed by atoms with van der Waals surface area (Å²) >= 11 is 0. The Morgan fingerprint density at radius 3 is 2.62 bits per heavy atom. The fourth-order valence-electron chi connectivity index (χ4n) is 4.93. The van der Waals surface area contributed by atoms with Crippen LogP contribution in [0.5, 0.6) is 5.88 Å². The molecule has 0 radical (unpaired) electrons. The normalized spacial score (nSPS) is 25.7. The molecule has 4 rings (SSSR count). The zero-order valence-corrected chi connectivity index (χ0v) is 19.8. The monoisotopic (exact) mass is 474 g/mol. The molecule has 1 aromatic carbocycles. The highest BCUT2D eigenvalue weighted by molar-refractivity contribution is 5.68. The number of likely N-dealkylation sites (tertiary alicyclic amines) is 1. The quantitative estimate of drug-likeness (QED) is 0.691. The summed E-state index contributed by atoms with van der Waals surface area (Å²) in [5.74, 6) is -0.464. The number of piperidine rings is 1. The Balaban J connectivity index is 1.48. The number of amides is 1. The van der Waals surface area contributed by atoms with Crippen molar-refractivity contribution in [1.29, 1.82) is 0 Å². The molecule has 2 fully saturated rings. The van der Waals surface area contributed by atoms with Gasteiger partial charge in [0.05, 0.1) is 6.20 Å². The number of carbonyl (C=O) groups is 1. The lowest BCUT2D eigenvalue weighted by atomic mass is 9.97. The van der Waals surface area contributed by atoms with Crippen LogP contribution in [0.25, 0.3) is 0 Å². The maximum absolute atomic E-state index is 13.7. The number of hydrogen-bond donors (Lipinski definition) is 1. The first-order valence-corrected chi connectivity index (χ1v) is 11.8. The Morgan fingerprint density at radius 2 is 1.91 bits per heavy atom. The van der Waals surface area contributed by atoms with Gasteiger partial charge in [-0.2, -0.15) is 5.10 Å². The van der Waals surface area contributed by atoms with Gasteiger partial charge in [0.1, 0.15) is 23.3 Å². The van der Waals surface area contributed by atoms with Gasteiger partial charge in [0.15, 0.2) is 0 Å². The number of ether oxygens (including phenoxy) is 2. The molecule has 1 amide bonds. The summed E-state index contributed by atoms with van der Waals surface area (Å²) in [5.41, 5.74) is 0.486. The molecule has 1 saturated heterocycles. The largest absolute Gasteiger partial charge is 0.472 e. The van der Waals surface area contributed by atoms with Crippen LogP contribution in [0.15, 0.2) is 36.5 Å². The maximum Gasteiger partial charge on any atom is 0.407 e. The number of nitrogens with zero attached hydrogens (tertiary/aromatic N) is 3. The van der Waals surface area contributed by atoms with E-state index in [0.29, 0.717) is 13.0 Å². The molecular formula is C25H32F2N4O3. The number of alkyl carbamates (subject to hydrolysis) is 1. The zero-order valence-electron chi connectivity index (χ0n) is 19.8. The summed E-state index contributed by atoms with van der Waals surface area (Å²) in [6, 6.07) is 7.79. The minimum absolute atomic E-state index is 0.0309. The van der Waals surface area contributed by atoms with E-state index in [0.717, 1.165) is 37.6 Å². The van der Waals surface area contributed by atoms with Gasteiger partial charge < -0.3 is 14.8 Å². The highest BCUT2D eigenvalue weighted by Crippen LogP contribution is 2.40. The van der Waals surface area contributed by atoms with Crippen molar-refractivity contribution in [3.05, 3.63) is 53.7 Å². The molecule has 7 nitrogen and oxygen atoms in total. The van der Waals surface area contributed by atoms with Gasteiger partial charge in [-0.05, 0) is 76.6 Å². The minimum atomic E-state index is -0.558. The van der Waals surface area contributed by atoms with Crippen LogP contribution in [0.2, 0.25) is 0 Å². The van der Waals surface area contributed by atoms with Gasteiger partial charge >= 0.3 is 6.09 Å². The van der Waals surface area contributed by atoms with Crippen LogP contribution in [0, 0.1) is 11.6 Å². The third-order valence-corrected chi connectivity index (χ3v) is 6.33. The van der Waals surface area contributed by atoms with E-state index in [1.54, 1.807) is 0 Å². The first-order valence-electron chi connectivity index (χ1n) is 11.8. The van der Waals surface area contributed by atoms with Crippen molar-refractivity contribution in [3.63, 3.8) is 0 Å². The standard InChI is InChI=1S/C25H32F2N4O3/c1-25(2,3)34-24(32)29-20-5-4-10-31(15-20)21-11-17(16-6-8-18(26)9-7-16)12-22(21)33-23-13-19(27)14-28-30-23/h6-9,13-14,17,20-22H,4-5,10-12,15H2,1-3H3,(H,29,32)/t17?,20-,21?,22?/m1/s1. The average molecular weight is 475 g/mol. The lowest BCUT2D eigenvalue weighted by Gasteiger charge is -2.39. The molecule has 0 bridgehead atoms. The van der Waals surface area contributed by atoms with Gasteiger partial charge in [0, 0.05) is 24.7 Å². The van der Waals surface area contributed by atoms with Gasteiger partial charge in [-0.25, -0.2) is 13.6 Å². The Hall–Kier alpha value is -2.81. The van der Waals surface area contributed by atoms with Gasteiger partial charge in [0.25, 0.3) is 0 Å². The molecule has 1 aromatic heterocycles. The molecule has 2 aliphatic rings. The minimum Gasteiger partial charge on any atom is -0.472 e. The Morgan fingerprint density at radius 1 is 1.15 bits per heavy atom. The van der Waals surface area contributed by atoms with Gasteiger partial charge in [-0.15, -0.1) is 5.10 Å². The number of benzene rings is 1. The molecule has 9 heteroatoms. The summed E-state index contributed by atoms with van der Waals surface area (Å²) in [7, 11) is 0. The van der Waals surface area contributed by atoms with Crippen LogP contribution < -0.4 is 10.1 Å². The summed E-state index contributed by atoms with van der Waals surface area (Å²) in [6.45, 7) is 7.04. The fraction of sp³-hybridized carbons (Fsp3) is 0.560. The van der Waals surface area contributed by atoms with E-state index in [1.165, 1.54) is 18.2 Å². The molecule has 1 aliphatic heterocycles. The van der Waals surface area contributed by atoms with Gasteiger partial charge in [-0.1, -0.05) is 12.1 Å². The van der Waals surface area contributed by atoms with Crippen LogP contribution in [0.4, 0.5) is 13.6 Å². The second kappa shape index (κ2) is 10.2. The lowest BCUT2D eigenvalue weighted by molar-refractivity contribution is 0.0382. The molecule has 184 valence electrons.